The van der Waals surface area contributed by atoms with Crippen molar-refractivity contribution in [2.24, 2.45) is 7.05 Å². The Balaban J connectivity index is 1.90. The summed E-state index contributed by atoms with van der Waals surface area (Å²) in [4.78, 5) is 14.5. The van der Waals surface area contributed by atoms with Gasteiger partial charge in [0.25, 0.3) is 5.91 Å². The van der Waals surface area contributed by atoms with Crippen molar-refractivity contribution in [1.82, 2.24) is 14.8 Å². The van der Waals surface area contributed by atoms with Crippen molar-refractivity contribution < 1.29 is 4.79 Å². The van der Waals surface area contributed by atoms with E-state index in [0.717, 1.165) is 32.5 Å². The molecule has 1 aromatic heterocycles. The van der Waals surface area contributed by atoms with E-state index in [1.807, 2.05) is 7.05 Å². The fourth-order valence-electron chi connectivity index (χ4n) is 2.47. The molecule has 3 N–H and O–H groups in total. The lowest BCUT2D eigenvalue weighted by Crippen LogP contribution is -2.44. The number of carbonyl (C=O) groups excluding carboxylic acids is 1. The molecule has 2 heterocycles. The first kappa shape index (κ1) is 13.0. The molecule has 100 valence electrons. The summed E-state index contributed by atoms with van der Waals surface area (Å²) >= 11 is 0. The first-order chi connectivity index (χ1) is 8.60. The number of aryl methyl sites for hydroxylation is 1. The molecule has 0 aliphatic carbocycles. The highest BCUT2D eigenvalue weighted by atomic mass is 16.2. The lowest BCUT2D eigenvalue weighted by atomic mass is 10.0. The third-order valence-corrected chi connectivity index (χ3v) is 3.63. The van der Waals surface area contributed by atoms with Gasteiger partial charge in [-0.25, -0.2) is 0 Å². The molecule has 5 heteroatoms. The van der Waals surface area contributed by atoms with E-state index >= 15 is 0 Å². The quantitative estimate of drug-likeness (QED) is 0.835. The van der Waals surface area contributed by atoms with Crippen molar-refractivity contribution in [1.29, 1.82) is 0 Å². The first-order valence-electron chi connectivity index (χ1n) is 6.55. The topological polar surface area (TPSA) is 63.3 Å². The lowest BCUT2D eigenvalue weighted by Gasteiger charge is -2.31. The largest absolute Gasteiger partial charge is 0.397 e. The number of amides is 1. The van der Waals surface area contributed by atoms with Crippen LogP contribution in [0.15, 0.2) is 12.3 Å². The number of nitrogens with two attached hydrogens (primary N) is 1. The van der Waals surface area contributed by atoms with Gasteiger partial charge in [-0.3, -0.25) is 4.79 Å². The molecule has 2 rings (SSSR count). The fraction of sp³-hybridized carbons (Fsp3) is 0.615. The average Bonchev–Trinajstić information content (AvgIpc) is 2.69. The number of likely N-dealkylation sites (tertiary alicyclic amines) is 1. The zero-order valence-electron chi connectivity index (χ0n) is 11.1. The van der Waals surface area contributed by atoms with E-state index in [0.29, 0.717) is 11.4 Å². The molecule has 18 heavy (non-hydrogen) atoms. The third kappa shape index (κ3) is 2.85. The minimum absolute atomic E-state index is 0.0239. The van der Waals surface area contributed by atoms with Gasteiger partial charge in [-0.15, -0.1) is 0 Å². The number of rotatable bonds is 3. The van der Waals surface area contributed by atoms with Gasteiger partial charge in [0.2, 0.25) is 0 Å². The molecule has 0 bridgehead atoms. The summed E-state index contributed by atoms with van der Waals surface area (Å²) in [6, 6.07) is 2.01. The highest BCUT2D eigenvalue weighted by Crippen LogP contribution is 2.12. The molecule has 5 nitrogen and oxygen atoms in total. The zero-order valence-corrected chi connectivity index (χ0v) is 11.1. The molecule has 0 atom stereocenters. The van der Waals surface area contributed by atoms with Gasteiger partial charge in [-0.05, 0) is 25.5 Å². The van der Waals surface area contributed by atoms with Crippen LogP contribution in [0.25, 0.3) is 0 Å². The second kappa shape index (κ2) is 5.44. The number of hydrogen-bond acceptors (Lipinski definition) is 3. The van der Waals surface area contributed by atoms with Gasteiger partial charge in [-0.1, -0.05) is 6.92 Å². The summed E-state index contributed by atoms with van der Waals surface area (Å²) in [7, 11) is 1.84. The number of carbonyl (C=O) groups is 1. The summed E-state index contributed by atoms with van der Waals surface area (Å²) in [6.45, 7) is 5.40. The highest BCUT2D eigenvalue weighted by Gasteiger charge is 2.21. The number of aromatic nitrogens is 1. The predicted molar refractivity (Wildman–Crippen MR) is 72.4 cm³/mol. The van der Waals surface area contributed by atoms with E-state index in [4.69, 9.17) is 5.73 Å². The highest BCUT2D eigenvalue weighted by molar-refractivity contribution is 5.93. The molecule has 0 unspecified atom stereocenters. The van der Waals surface area contributed by atoms with Crippen LogP contribution in [-0.2, 0) is 7.05 Å². The summed E-state index contributed by atoms with van der Waals surface area (Å²) < 4.78 is 1.77. The molecule has 0 radical (unpaired) electrons. The number of piperidine rings is 1. The van der Waals surface area contributed by atoms with Crippen molar-refractivity contribution >= 4 is 11.6 Å². The van der Waals surface area contributed by atoms with Crippen LogP contribution in [0.4, 0.5) is 5.69 Å². The van der Waals surface area contributed by atoms with E-state index in [1.54, 1.807) is 16.8 Å². The summed E-state index contributed by atoms with van der Waals surface area (Å²) in [5.74, 6) is -0.0239. The van der Waals surface area contributed by atoms with Gasteiger partial charge in [-0.2, -0.15) is 0 Å². The maximum atomic E-state index is 12.1. The van der Waals surface area contributed by atoms with Gasteiger partial charge in [0.1, 0.15) is 5.69 Å². The molecule has 1 saturated heterocycles. The monoisotopic (exact) mass is 250 g/mol. The Bertz CT molecular complexity index is 419. The Morgan fingerprint density at radius 2 is 2.17 bits per heavy atom. The molecule has 1 amide bonds. The Labute approximate surface area is 108 Å². The maximum Gasteiger partial charge on any atom is 0.268 e. The summed E-state index contributed by atoms with van der Waals surface area (Å²) in [6.07, 6.45) is 3.81. The van der Waals surface area contributed by atoms with E-state index < -0.39 is 0 Å². The number of nitrogens with zero attached hydrogens (tertiary/aromatic N) is 2. The number of nitrogen functional groups attached to an aromatic ring is 1. The Morgan fingerprint density at radius 3 is 2.67 bits per heavy atom. The smallest absolute Gasteiger partial charge is 0.268 e. The zero-order chi connectivity index (χ0) is 13.1. The first-order valence-corrected chi connectivity index (χ1v) is 6.55. The SMILES string of the molecule is CCN1CCC(NC(=O)c2cc(N)cn2C)CC1. The van der Waals surface area contributed by atoms with Crippen LogP contribution in [0.2, 0.25) is 0 Å². The van der Waals surface area contributed by atoms with Gasteiger partial charge >= 0.3 is 0 Å². The number of nitrogens with one attached hydrogen (secondary N) is 1. The van der Waals surface area contributed by atoms with Crippen molar-refractivity contribution in [3.63, 3.8) is 0 Å². The Morgan fingerprint density at radius 1 is 1.50 bits per heavy atom. The van der Waals surface area contributed by atoms with Crippen LogP contribution < -0.4 is 11.1 Å². The van der Waals surface area contributed by atoms with Crippen LogP contribution in [-0.4, -0.2) is 41.1 Å². The Kier molecular flexibility index (Phi) is 3.91. The molecular weight excluding hydrogens is 228 g/mol. The molecule has 0 saturated carbocycles. The Hall–Kier alpha value is -1.49. The maximum absolute atomic E-state index is 12.1. The van der Waals surface area contributed by atoms with Crippen molar-refractivity contribution in [2.75, 3.05) is 25.4 Å². The molecule has 1 fully saturated rings. The van der Waals surface area contributed by atoms with Crippen molar-refractivity contribution in [3.8, 4) is 0 Å². The van der Waals surface area contributed by atoms with E-state index in [9.17, 15) is 4.79 Å². The van der Waals surface area contributed by atoms with Crippen LogP contribution in [0.5, 0.6) is 0 Å². The predicted octanol–water partition coefficient (Wildman–Crippen LogP) is 0.821. The van der Waals surface area contributed by atoms with Crippen LogP contribution in [0, 0.1) is 0 Å². The van der Waals surface area contributed by atoms with Crippen molar-refractivity contribution in [3.05, 3.63) is 18.0 Å². The second-order valence-electron chi connectivity index (χ2n) is 4.95. The summed E-state index contributed by atoms with van der Waals surface area (Å²) in [5, 5.41) is 3.09. The minimum Gasteiger partial charge on any atom is -0.397 e. The normalized spacial score (nSPS) is 17.9. The van der Waals surface area contributed by atoms with Gasteiger partial charge in [0.15, 0.2) is 0 Å². The van der Waals surface area contributed by atoms with E-state index in [-0.39, 0.29) is 11.9 Å². The minimum atomic E-state index is -0.0239. The lowest BCUT2D eigenvalue weighted by molar-refractivity contribution is 0.0904. The van der Waals surface area contributed by atoms with Crippen LogP contribution >= 0.6 is 0 Å². The standard InChI is InChI=1S/C13H22N4O/c1-3-17-6-4-11(5-7-17)15-13(18)12-8-10(14)9-16(12)2/h8-9,11H,3-7,14H2,1-2H3,(H,15,18). The third-order valence-electron chi connectivity index (χ3n) is 3.63. The molecule has 0 spiro atoms. The van der Waals surface area contributed by atoms with Crippen LogP contribution in [0.1, 0.15) is 30.3 Å². The molecule has 0 aromatic carbocycles. The number of hydrogen-bond donors (Lipinski definition) is 2. The van der Waals surface area contributed by atoms with E-state index in [2.05, 4.69) is 17.1 Å². The molecule has 1 aliphatic rings. The number of anilines is 1. The average molecular weight is 250 g/mol. The van der Waals surface area contributed by atoms with E-state index in [1.165, 1.54) is 0 Å². The van der Waals surface area contributed by atoms with Crippen molar-refractivity contribution in [2.45, 2.75) is 25.8 Å². The van der Waals surface area contributed by atoms with Gasteiger partial charge in [0, 0.05) is 32.4 Å². The molecule has 1 aliphatic heterocycles. The van der Waals surface area contributed by atoms with Gasteiger partial charge in [0.05, 0.1) is 5.69 Å². The fourth-order valence-corrected chi connectivity index (χ4v) is 2.47. The second-order valence-corrected chi connectivity index (χ2v) is 4.95. The molecular formula is C13H22N4O. The van der Waals surface area contributed by atoms with Gasteiger partial charge < -0.3 is 20.5 Å². The molecule has 1 aromatic rings. The van der Waals surface area contributed by atoms with Crippen LogP contribution in [0.3, 0.4) is 0 Å². The summed E-state index contributed by atoms with van der Waals surface area (Å²) in [5.41, 5.74) is 6.94.